The Kier molecular flexibility index (Phi) is 5.54. The van der Waals surface area contributed by atoms with Crippen LogP contribution in [0.4, 0.5) is 4.39 Å². The molecule has 0 radical (unpaired) electrons. The van der Waals surface area contributed by atoms with E-state index < -0.39 is 6.17 Å². The van der Waals surface area contributed by atoms with Crippen LogP contribution in [-0.2, 0) is 0 Å². The quantitative estimate of drug-likeness (QED) is 0.575. The molecule has 2 atom stereocenters. The van der Waals surface area contributed by atoms with Crippen molar-refractivity contribution in [1.29, 1.82) is 0 Å². The third-order valence-corrected chi connectivity index (χ3v) is 1.66. The van der Waals surface area contributed by atoms with Crippen molar-refractivity contribution in [2.45, 2.75) is 32.0 Å². The lowest BCUT2D eigenvalue weighted by Crippen LogP contribution is -2.19. The molecule has 1 fully saturated rings. The molecule has 0 spiro atoms. The van der Waals surface area contributed by atoms with Crippen molar-refractivity contribution in [3.05, 3.63) is 0 Å². The smallest absolute Gasteiger partial charge is 0.114 e. The Morgan fingerprint density at radius 3 is 2.40 bits per heavy atom. The Bertz CT molecular complexity index is 80.0. The summed E-state index contributed by atoms with van der Waals surface area (Å²) in [6.45, 7) is 2.65. The molecule has 1 aliphatic rings. The lowest BCUT2D eigenvalue weighted by Gasteiger charge is -2.02. The molecule has 10 heavy (non-hydrogen) atoms. The number of alkyl halides is 1. The topological polar surface area (TPSA) is 32.3 Å². The van der Waals surface area contributed by atoms with Crippen molar-refractivity contribution in [1.82, 2.24) is 5.32 Å². The second-order valence-corrected chi connectivity index (χ2v) is 2.35. The molecule has 1 aliphatic heterocycles. The van der Waals surface area contributed by atoms with Crippen LogP contribution in [0.5, 0.6) is 0 Å². The van der Waals surface area contributed by atoms with Crippen molar-refractivity contribution in [2.24, 2.45) is 0 Å². The SMILES string of the molecule is CCC1CC(F)CN1.CO. The molecular formula is C7H16FNO. The van der Waals surface area contributed by atoms with Crippen molar-refractivity contribution in [3.8, 4) is 0 Å². The summed E-state index contributed by atoms with van der Waals surface area (Å²) in [6.07, 6.45) is 1.19. The number of aliphatic hydroxyl groups excluding tert-OH is 1. The van der Waals surface area contributed by atoms with Gasteiger partial charge in [0.1, 0.15) is 6.17 Å². The van der Waals surface area contributed by atoms with Gasteiger partial charge in [-0.2, -0.15) is 0 Å². The van der Waals surface area contributed by atoms with E-state index in [0.29, 0.717) is 12.6 Å². The van der Waals surface area contributed by atoms with Crippen LogP contribution < -0.4 is 5.32 Å². The van der Waals surface area contributed by atoms with Crippen molar-refractivity contribution < 1.29 is 9.50 Å². The van der Waals surface area contributed by atoms with Gasteiger partial charge in [0.25, 0.3) is 0 Å². The van der Waals surface area contributed by atoms with E-state index in [1.54, 1.807) is 0 Å². The predicted octanol–water partition coefficient (Wildman–Crippen LogP) is 0.705. The molecule has 0 aliphatic carbocycles. The summed E-state index contributed by atoms with van der Waals surface area (Å²) in [7, 11) is 1.00. The summed E-state index contributed by atoms with van der Waals surface area (Å²) in [5, 5.41) is 10.1. The molecule has 2 N–H and O–H groups in total. The molecule has 3 heteroatoms. The van der Waals surface area contributed by atoms with E-state index in [2.05, 4.69) is 12.2 Å². The summed E-state index contributed by atoms with van der Waals surface area (Å²) >= 11 is 0. The summed E-state index contributed by atoms with van der Waals surface area (Å²) < 4.78 is 12.3. The Labute approximate surface area is 61.4 Å². The Morgan fingerprint density at radius 1 is 1.60 bits per heavy atom. The molecule has 2 unspecified atom stereocenters. The number of rotatable bonds is 1. The lowest BCUT2D eigenvalue weighted by molar-refractivity contribution is 0.354. The molecule has 1 rings (SSSR count). The van der Waals surface area contributed by atoms with Gasteiger partial charge in [0.2, 0.25) is 0 Å². The van der Waals surface area contributed by atoms with Crippen LogP contribution in [0, 0.1) is 0 Å². The summed E-state index contributed by atoms with van der Waals surface area (Å²) in [6, 6.07) is 0.449. The number of nitrogens with one attached hydrogen (secondary N) is 1. The first-order valence-corrected chi connectivity index (χ1v) is 3.65. The molecular weight excluding hydrogens is 133 g/mol. The first-order valence-electron chi connectivity index (χ1n) is 3.65. The standard InChI is InChI=1S/C6H12FN.CH4O/c1-2-6-3-5(7)4-8-6;1-2/h5-6,8H,2-4H2,1H3;2H,1H3. The fourth-order valence-electron chi connectivity index (χ4n) is 1.08. The van der Waals surface area contributed by atoms with Crippen LogP contribution in [0.1, 0.15) is 19.8 Å². The van der Waals surface area contributed by atoms with Crippen molar-refractivity contribution in [2.75, 3.05) is 13.7 Å². The molecule has 0 amide bonds. The van der Waals surface area contributed by atoms with E-state index in [0.717, 1.165) is 20.0 Å². The van der Waals surface area contributed by atoms with Crippen LogP contribution in [0.25, 0.3) is 0 Å². The van der Waals surface area contributed by atoms with Crippen LogP contribution in [0.3, 0.4) is 0 Å². The van der Waals surface area contributed by atoms with Gasteiger partial charge >= 0.3 is 0 Å². The zero-order valence-corrected chi connectivity index (χ0v) is 6.60. The van der Waals surface area contributed by atoms with Gasteiger partial charge in [-0.3, -0.25) is 0 Å². The van der Waals surface area contributed by atoms with E-state index in [-0.39, 0.29) is 0 Å². The van der Waals surface area contributed by atoms with Gasteiger partial charge in [-0.05, 0) is 12.8 Å². The second-order valence-electron chi connectivity index (χ2n) is 2.35. The van der Waals surface area contributed by atoms with Crippen molar-refractivity contribution in [3.63, 3.8) is 0 Å². The van der Waals surface area contributed by atoms with E-state index in [1.165, 1.54) is 0 Å². The Hall–Kier alpha value is -0.150. The highest BCUT2D eigenvalue weighted by atomic mass is 19.1. The number of hydrogen-bond donors (Lipinski definition) is 2. The molecule has 0 aromatic carbocycles. The molecule has 0 saturated carbocycles. The second kappa shape index (κ2) is 5.62. The minimum atomic E-state index is -0.583. The Morgan fingerprint density at radius 2 is 2.20 bits per heavy atom. The highest BCUT2D eigenvalue weighted by Gasteiger charge is 2.20. The molecule has 1 saturated heterocycles. The predicted molar refractivity (Wildman–Crippen MR) is 39.7 cm³/mol. The maximum Gasteiger partial charge on any atom is 0.114 e. The van der Waals surface area contributed by atoms with E-state index in [9.17, 15) is 4.39 Å². The largest absolute Gasteiger partial charge is 0.400 e. The minimum absolute atomic E-state index is 0.449. The lowest BCUT2D eigenvalue weighted by atomic mass is 10.2. The van der Waals surface area contributed by atoms with Crippen LogP contribution in [0.2, 0.25) is 0 Å². The maximum atomic E-state index is 12.3. The maximum absolute atomic E-state index is 12.3. The number of halogens is 1. The van der Waals surface area contributed by atoms with E-state index >= 15 is 0 Å². The van der Waals surface area contributed by atoms with Gasteiger partial charge < -0.3 is 10.4 Å². The number of hydrogen-bond acceptors (Lipinski definition) is 2. The summed E-state index contributed by atoms with van der Waals surface area (Å²) in [5.74, 6) is 0. The molecule has 0 aromatic heterocycles. The summed E-state index contributed by atoms with van der Waals surface area (Å²) in [4.78, 5) is 0. The van der Waals surface area contributed by atoms with Crippen LogP contribution in [0.15, 0.2) is 0 Å². The highest BCUT2D eigenvalue weighted by molar-refractivity contribution is 4.79. The fourth-order valence-corrected chi connectivity index (χ4v) is 1.08. The van der Waals surface area contributed by atoms with E-state index in [4.69, 9.17) is 5.11 Å². The first kappa shape index (κ1) is 9.85. The first-order chi connectivity index (χ1) is 4.83. The van der Waals surface area contributed by atoms with Gasteiger partial charge in [0.15, 0.2) is 0 Å². The van der Waals surface area contributed by atoms with Crippen LogP contribution in [-0.4, -0.2) is 31.0 Å². The number of aliphatic hydroxyl groups is 1. The average molecular weight is 149 g/mol. The molecule has 2 nitrogen and oxygen atoms in total. The monoisotopic (exact) mass is 149 g/mol. The molecule has 62 valence electrons. The van der Waals surface area contributed by atoms with Gasteiger partial charge in [-0.1, -0.05) is 6.92 Å². The average Bonchev–Trinajstić information content (AvgIpc) is 2.40. The van der Waals surface area contributed by atoms with E-state index in [1.807, 2.05) is 0 Å². The van der Waals surface area contributed by atoms with Gasteiger partial charge in [0.05, 0.1) is 0 Å². The van der Waals surface area contributed by atoms with Gasteiger partial charge in [0, 0.05) is 19.7 Å². The Balaban J connectivity index is 0.000000371. The van der Waals surface area contributed by atoms with Crippen molar-refractivity contribution >= 4 is 0 Å². The zero-order valence-electron chi connectivity index (χ0n) is 6.60. The third kappa shape index (κ3) is 3.13. The molecule has 0 aromatic rings. The fraction of sp³-hybridized carbons (Fsp3) is 1.00. The van der Waals surface area contributed by atoms with Gasteiger partial charge in [-0.25, -0.2) is 4.39 Å². The highest BCUT2D eigenvalue weighted by Crippen LogP contribution is 2.11. The zero-order chi connectivity index (χ0) is 7.98. The van der Waals surface area contributed by atoms with Gasteiger partial charge in [-0.15, -0.1) is 0 Å². The van der Waals surface area contributed by atoms with Crippen LogP contribution >= 0.6 is 0 Å². The normalized spacial score (nSPS) is 31.2. The third-order valence-electron chi connectivity index (χ3n) is 1.66. The molecule has 0 bridgehead atoms. The molecule has 1 heterocycles. The summed E-state index contributed by atoms with van der Waals surface area (Å²) in [5.41, 5.74) is 0. The minimum Gasteiger partial charge on any atom is -0.400 e.